The summed E-state index contributed by atoms with van der Waals surface area (Å²) in [7, 11) is 0. The molecule has 0 fully saturated rings. The lowest BCUT2D eigenvalue weighted by atomic mass is 10.0. The van der Waals surface area contributed by atoms with Crippen molar-refractivity contribution in [3.63, 3.8) is 0 Å². The average Bonchev–Trinajstić information content (AvgIpc) is 2.71. The van der Waals surface area contributed by atoms with Gasteiger partial charge in [-0.3, -0.25) is 0 Å². The first-order valence-corrected chi connectivity index (χ1v) is 6.68. The number of aliphatic hydroxyl groups excluding tert-OH is 3. The van der Waals surface area contributed by atoms with Crippen LogP contribution in [0.1, 0.15) is 30.5 Å². The number of rotatable bonds is 5. The molecule has 1 aromatic heterocycles. The van der Waals surface area contributed by atoms with E-state index < -0.39 is 5.54 Å². The monoisotopic (exact) mass is 267 g/mol. The molecule has 0 radical (unpaired) electrons. The van der Waals surface area contributed by atoms with Gasteiger partial charge in [-0.25, -0.2) is 9.97 Å². The molecule has 0 saturated heterocycles. The van der Waals surface area contributed by atoms with Crippen LogP contribution in [-0.4, -0.2) is 50.6 Å². The number of nitrogens with zero attached hydrogens (tertiary/aromatic N) is 2. The fraction of sp³-hybridized carbons (Fsp3) is 0.692. The Balaban J connectivity index is 2.30. The van der Waals surface area contributed by atoms with Crippen molar-refractivity contribution in [2.75, 3.05) is 25.1 Å². The Bertz CT molecular complexity index is 413. The molecule has 0 unspecified atom stereocenters. The Morgan fingerprint density at radius 3 is 2.37 bits per heavy atom. The van der Waals surface area contributed by atoms with Crippen molar-refractivity contribution in [3.05, 3.63) is 17.6 Å². The fourth-order valence-corrected chi connectivity index (χ4v) is 2.33. The number of nitrogens with one attached hydrogen (secondary N) is 1. The molecule has 4 N–H and O–H groups in total. The number of aliphatic hydroxyl groups is 3. The zero-order valence-corrected chi connectivity index (χ0v) is 11.0. The highest BCUT2D eigenvalue weighted by atomic mass is 16.3. The van der Waals surface area contributed by atoms with E-state index >= 15 is 0 Å². The Hall–Kier alpha value is -1.24. The van der Waals surface area contributed by atoms with Crippen LogP contribution in [0, 0.1) is 0 Å². The van der Waals surface area contributed by atoms with Crippen LogP contribution in [0.2, 0.25) is 0 Å². The highest BCUT2D eigenvalue weighted by Crippen LogP contribution is 2.25. The first kappa shape index (κ1) is 14.2. The molecule has 1 heterocycles. The SMILES string of the molecule is OCC(CO)(CO)Nc1ncnc2c1CCCCC2. The first-order chi connectivity index (χ1) is 9.24. The molecular formula is C13H21N3O3. The third-order valence-electron chi connectivity index (χ3n) is 3.67. The lowest BCUT2D eigenvalue weighted by Gasteiger charge is -2.30. The van der Waals surface area contributed by atoms with Gasteiger partial charge >= 0.3 is 0 Å². The minimum atomic E-state index is -1.14. The molecule has 6 heteroatoms. The predicted molar refractivity (Wildman–Crippen MR) is 70.9 cm³/mol. The molecule has 6 nitrogen and oxygen atoms in total. The number of anilines is 1. The van der Waals surface area contributed by atoms with Crippen molar-refractivity contribution in [1.29, 1.82) is 0 Å². The molecule has 1 aliphatic carbocycles. The van der Waals surface area contributed by atoms with Gasteiger partial charge in [-0.2, -0.15) is 0 Å². The third-order valence-corrected chi connectivity index (χ3v) is 3.67. The molecule has 106 valence electrons. The van der Waals surface area contributed by atoms with E-state index in [1.807, 2.05) is 0 Å². The van der Waals surface area contributed by atoms with Crippen LogP contribution >= 0.6 is 0 Å². The topological polar surface area (TPSA) is 98.5 Å². The maximum Gasteiger partial charge on any atom is 0.133 e. The van der Waals surface area contributed by atoms with Gasteiger partial charge in [-0.05, 0) is 25.7 Å². The highest BCUT2D eigenvalue weighted by molar-refractivity contribution is 5.48. The highest BCUT2D eigenvalue weighted by Gasteiger charge is 2.29. The molecule has 19 heavy (non-hydrogen) atoms. The molecule has 0 aliphatic heterocycles. The van der Waals surface area contributed by atoms with Gasteiger partial charge in [0.25, 0.3) is 0 Å². The summed E-state index contributed by atoms with van der Waals surface area (Å²) in [4.78, 5) is 8.52. The van der Waals surface area contributed by atoms with Crippen LogP contribution in [0.5, 0.6) is 0 Å². The zero-order chi connectivity index (χ0) is 13.7. The van der Waals surface area contributed by atoms with Gasteiger partial charge in [0.2, 0.25) is 0 Å². The summed E-state index contributed by atoms with van der Waals surface area (Å²) in [6.07, 6.45) is 6.67. The average molecular weight is 267 g/mol. The Kier molecular flexibility index (Phi) is 4.68. The summed E-state index contributed by atoms with van der Waals surface area (Å²) in [5.41, 5.74) is 0.923. The van der Waals surface area contributed by atoms with Crippen LogP contribution in [0.4, 0.5) is 5.82 Å². The van der Waals surface area contributed by atoms with Crippen LogP contribution in [-0.2, 0) is 12.8 Å². The van der Waals surface area contributed by atoms with Crippen LogP contribution < -0.4 is 5.32 Å². The molecule has 0 saturated carbocycles. The van der Waals surface area contributed by atoms with Crippen molar-refractivity contribution in [2.24, 2.45) is 0 Å². The first-order valence-electron chi connectivity index (χ1n) is 6.68. The van der Waals surface area contributed by atoms with E-state index in [9.17, 15) is 15.3 Å². The number of aryl methyl sites for hydroxylation is 1. The van der Waals surface area contributed by atoms with E-state index in [2.05, 4.69) is 15.3 Å². The summed E-state index contributed by atoms with van der Waals surface area (Å²) in [6.45, 7) is -1.09. The van der Waals surface area contributed by atoms with Crippen molar-refractivity contribution in [3.8, 4) is 0 Å². The van der Waals surface area contributed by atoms with Gasteiger partial charge < -0.3 is 20.6 Å². The summed E-state index contributed by atoms with van der Waals surface area (Å²) in [6, 6.07) is 0. The summed E-state index contributed by atoms with van der Waals surface area (Å²) < 4.78 is 0. The van der Waals surface area contributed by atoms with Gasteiger partial charge in [-0.1, -0.05) is 6.42 Å². The number of fused-ring (bicyclic) bond motifs is 1. The van der Waals surface area contributed by atoms with E-state index in [1.54, 1.807) is 0 Å². The lowest BCUT2D eigenvalue weighted by molar-refractivity contribution is 0.0830. The molecular weight excluding hydrogens is 246 g/mol. The number of hydrogen-bond acceptors (Lipinski definition) is 6. The molecule has 0 atom stereocenters. The quantitative estimate of drug-likeness (QED) is 0.555. The van der Waals surface area contributed by atoms with Crippen molar-refractivity contribution in [1.82, 2.24) is 9.97 Å². The summed E-state index contributed by atoms with van der Waals surface area (Å²) in [5, 5.41) is 31.1. The van der Waals surface area contributed by atoms with Gasteiger partial charge in [0.1, 0.15) is 17.7 Å². The van der Waals surface area contributed by atoms with Crippen molar-refractivity contribution < 1.29 is 15.3 Å². The van der Waals surface area contributed by atoms with E-state index in [0.29, 0.717) is 5.82 Å². The molecule has 0 bridgehead atoms. The Morgan fingerprint density at radius 1 is 1.00 bits per heavy atom. The van der Waals surface area contributed by atoms with Gasteiger partial charge in [-0.15, -0.1) is 0 Å². The molecule has 0 aromatic carbocycles. The molecule has 0 amide bonds. The molecule has 1 aliphatic rings. The summed E-state index contributed by atoms with van der Waals surface area (Å²) in [5.74, 6) is 0.615. The minimum absolute atomic E-state index is 0.362. The van der Waals surface area contributed by atoms with Crippen molar-refractivity contribution >= 4 is 5.82 Å². The molecule has 0 spiro atoms. The Morgan fingerprint density at radius 2 is 1.68 bits per heavy atom. The summed E-state index contributed by atoms with van der Waals surface area (Å²) >= 11 is 0. The molecule has 2 rings (SSSR count). The van der Waals surface area contributed by atoms with Crippen LogP contribution in [0.15, 0.2) is 6.33 Å². The van der Waals surface area contributed by atoms with Gasteiger partial charge in [0.15, 0.2) is 0 Å². The van der Waals surface area contributed by atoms with E-state index in [0.717, 1.165) is 36.9 Å². The lowest BCUT2D eigenvalue weighted by Crippen LogP contribution is -2.49. The van der Waals surface area contributed by atoms with E-state index in [-0.39, 0.29) is 19.8 Å². The number of aromatic nitrogens is 2. The Labute approximate surface area is 112 Å². The van der Waals surface area contributed by atoms with E-state index in [1.165, 1.54) is 12.7 Å². The molecule has 1 aromatic rings. The maximum atomic E-state index is 9.37. The maximum absolute atomic E-state index is 9.37. The predicted octanol–water partition coefficient (Wildman–Crippen LogP) is -0.127. The fourth-order valence-electron chi connectivity index (χ4n) is 2.33. The second-order valence-electron chi connectivity index (χ2n) is 5.09. The second-order valence-corrected chi connectivity index (χ2v) is 5.09. The van der Waals surface area contributed by atoms with Gasteiger partial charge in [0.05, 0.1) is 19.8 Å². The van der Waals surface area contributed by atoms with Crippen LogP contribution in [0.25, 0.3) is 0 Å². The normalized spacial score (nSPS) is 15.7. The largest absolute Gasteiger partial charge is 0.394 e. The number of hydrogen-bond donors (Lipinski definition) is 4. The smallest absolute Gasteiger partial charge is 0.133 e. The zero-order valence-electron chi connectivity index (χ0n) is 11.0. The minimum Gasteiger partial charge on any atom is -0.394 e. The third kappa shape index (κ3) is 3.02. The van der Waals surface area contributed by atoms with E-state index in [4.69, 9.17) is 0 Å². The van der Waals surface area contributed by atoms with Crippen LogP contribution in [0.3, 0.4) is 0 Å². The second kappa shape index (κ2) is 6.27. The standard InChI is InChI=1S/C13H21N3O3/c17-6-13(7-18,8-19)16-12-10-4-2-1-3-5-11(10)14-9-15-12/h9,17-19H,1-8H2,(H,14,15,16). The van der Waals surface area contributed by atoms with Crippen molar-refractivity contribution in [2.45, 2.75) is 37.6 Å². The van der Waals surface area contributed by atoms with Gasteiger partial charge in [0, 0.05) is 11.3 Å².